The topological polar surface area (TPSA) is 94.1 Å². The number of guanidine groups is 1. The van der Waals surface area contributed by atoms with Gasteiger partial charge in [-0.25, -0.2) is 17.7 Å². The maximum Gasteiger partial charge on any atom is 0.253 e. The summed E-state index contributed by atoms with van der Waals surface area (Å²) in [5, 5.41) is 6.40. The second kappa shape index (κ2) is 11.7. The number of hydrogen-bond donors (Lipinski definition) is 2. The fourth-order valence-electron chi connectivity index (χ4n) is 2.54. The maximum absolute atomic E-state index is 11.9. The predicted octanol–water partition coefficient (Wildman–Crippen LogP) is 1.12. The van der Waals surface area contributed by atoms with E-state index in [-0.39, 0.29) is 5.91 Å². The molecule has 2 N–H and O–H groups in total. The van der Waals surface area contributed by atoms with Crippen molar-refractivity contribution in [1.29, 1.82) is 0 Å². The third-order valence-electron chi connectivity index (χ3n) is 4.07. The largest absolute Gasteiger partial charge is 0.357 e. The molecule has 0 saturated carbocycles. The van der Waals surface area contributed by atoms with E-state index in [1.807, 2.05) is 26.0 Å². The van der Waals surface area contributed by atoms with E-state index in [0.29, 0.717) is 44.1 Å². The zero-order valence-corrected chi connectivity index (χ0v) is 18.3. The number of hydrogen-bond acceptors (Lipinski definition) is 4. The Morgan fingerprint density at radius 3 is 2.25 bits per heavy atom. The van der Waals surface area contributed by atoms with Crippen molar-refractivity contribution in [3.05, 3.63) is 35.4 Å². The number of rotatable bonds is 10. The number of carbonyl (C=O) groups is 1. The zero-order valence-electron chi connectivity index (χ0n) is 17.5. The summed E-state index contributed by atoms with van der Waals surface area (Å²) in [5.41, 5.74) is 1.65. The van der Waals surface area contributed by atoms with Crippen LogP contribution in [0.15, 0.2) is 29.3 Å². The van der Waals surface area contributed by atoms with Crippen molar-refractivity contribution in [3.63, 3.8) is 0 Å². The molecule has 0 spiro atoms. The smallest absolute Gasteiger partial charge is 0.253 e. The average Bonchev–Trinajstić information content (AvgIpc) is 2.64. The molecule has 0 unspecified atom stereocenters. The molecule has 1 aromatic carbocycles. The van der Waals surface area contributed by atoms with Gasteiger partial charge in [-0.3, -0.25) is 4.79 Å². The van der Waals surface area contributed by atoms with Crippen LogP contribution in [0.1, 0.15) is 36.2 Å². The minimum atomic E-state index is -3.15. The molecule has 158 valence electrons. The zero-order chi connectivity index (χ0) is 21.2. The average molecular weight is 412 g/mol. The van der Waals surface area contributed by atoms with Gasteiger partial charge in [0.25, 0.3) is 5.91 Å². The van der Waals surface area contributed by atoms with Crippen LogP contribution in [-0.4, -0.2) is 76.0 Å². The molecule has 1 aromatic rings. The Kier molecular flexibility index (Phi) is 9.95. The van der Waals surface area contributed by atoms with E-state index in [9.17, 15) is 13.2 Å². The van der Waals surface area contributed by atoms with Crippen LogP contribution in [0, 0.1) is 0 Å². The predicted molar refractivity (Wildman–Crippen MR) is 114 cm³/mol. The number of benzene rings is 1. The first-order valence-electron chi connectivity index (χ1n) is 9.46. The van der Waals surface area contributed by atoms with E-state index in [4.69, 9.17) is 0 Å². The normalized spacial score (nSPS) is 12.1. The van der Waals surface area contributed by atoms with Gasteiger partial charge in [-0.05, 0) is 31.0 Å². The van der Waals surface area contributed by atoms with Crippen molar-refractivity contribution in [2.75, 3.05) is 46.5 Å². The van der Waals surface area contributed by atoms with Gasteiger partial charge >= 0.3 is 0 Å². The minimum absolute atomic E-state index is 0.0275. The van der Waals surface area contributed by atoms with Crippen molar-refractivity contribution in [2.45, 2.75) is 26.8 Å². The molecule has 0 aromatic heterocycles. The highest BCUT2D eigenvalue weighted by Gasteiger charge is 2.13. The summed E-state index contributed by atoms with van der Waals surface area (Å²) in [6.07, 6.45) is 1.92. The summed E-state index contributed by atoms with van der Waals surface area (Å²) in [4.78, 5) is 18.0. The Morgan fingerprint density at radius 2 is 1.75 bits per heavy atom. The molecule has 0 bridgehead atoms. The Morgan fingerprint density at radius 1 is 1.11 bits per heavy atom. The molecule has 28 heavy (non-hydrogen) atoms. The van der Waals surface area contributed by atoms with E-state index >= 15 is 0 Å². The lowest BCUT2D eigenvalue weighted by Crippen LogP contribution is -2.39. The van der Waals surface area contributed by atoms with E-state index in [2.05, 4.69) is 15.6 Å². The molecule has 0 radical (unpaired) electrons. The van der Waals surface area contributed by atoms with Crippen molar-refractivity contribution >= 4 is 21.9 Å². The van der Waals surface area contributed by atoms with Crippen LogP contribution >= 0.6 is 0 Å². The summed E-state index contributed by atoms with van der Waals surface area (Å²) in [6.45, 7) is 6.60. The standard InChI is InChI=1S/C19H33N5O3S/c1-6-20-19(21-13-8-14-24(7-2)28(5,26)27)22-15-16-9-11-17(12-10-16)18(25)23(3)4/h9-12H,6-8,13-15H2,1-5H3,(H2,20,21,22). The van der Waals surface area contributed by atoms with Gasteiger partial charge in [-0.2, -0.15) is 0 Å². The summed E-state index contributed by atoms with van der Waals surface area (Å²) >= 11 is 0. The molecule has 1 amide bonds. The third-order valence-corrected chi connectivity index (χ3v) is 5.45. The van der Waals surface area contributed by atoms with Crippen LogP contribution in [-0.2, 0) is 16.6 Å². The van der Waals surface area contributed by atoms with Gasteiger partial charge in [0.1, 0.15) is 0 Å². The van der Waals surface area contributed by atoms with Crippen LogP contribution in [0.5, 0.6) is 0 Å². The summed E-state index contributed by atoms with van der Waals surface area (Å²) in [7, 11) is 0.299. The number of sulfonamides is 1. The monoisotopic (exact) mass is 411 g/mol. The van der Waals surface area contributed by atoms with Crippen LogP contribution in [0.4, 0.5) is 0 Å². The fourth-order valence-corrected chi connectivity index (χ4v) is 3.47. The summed E-state index contributed by atoms with van der Waals surface area (Å²) in [5.74, 6) is 0.652. The van der Waals surface area contributed by atoms with E-state index in [0.717, 1.165) is 12.1 Å². The molecule has 0 atom stereocenters. The molecule has 0 saturated heterocycles. The third kappa shape index (κ3) is 8.26. The van der Waals surface area contributed by atoms with Gasteiger partial charge in [-0.15, -0.1) is 0 Å². The first kappa shape index (κ1) is 23.9. The van der Waals surface area contributed by atoms with Crippen LogP contribution in [0.3, 0.4) is 0 Å². The number of carbonyl (C=O) groups excluding carboxylic acids is 1. The van der Waals surface area contributed by atoms with Crippen molar-refractivity contribution in [1.82, 2.24) is 19.8 Å². The SMILES string of the molecule is CCNC(=NCc1ccc(C(=O)N(C)C)cc1)NCCCN(CC)S(C)(=O)=O. The molecule has 9 heteroatoms. The van der Waals surface area contributed by atoms with Gasteiger partial charge in [0, 0.05) is 45.8 Å². The molecular weight excluding hydrogens is 378 g/mol. The van der Waals surface area contributed by atoms with Crippen LogP contribution < -0.4 is 10.6 Å². The number of amides is 1. The Bertz CT molecular complexity index is 745. The van der Waals surface area contributed by atoms with Gasteiger partial charge in [0.2, 0.25) is 10.0 Å². The van der Waals surface area contributed by atoms with Gasteiger partial charge in [-0.1, -0.05) is 19.1 Å². The molecule has 0 aliphatic rings. The van der Waals surface area contributed by atoms with Crippen LogP contribution in [0.25, 0.3) is 0 Å². The molecule has 0 heterocycles. The highest BCUT2D eigenvalue weighted by atomic mass is 32.2. The fraction of sp³-hybridized carbons (Fsp3) is 0.579. The Balaban J connectivity index is 2.58. The number of nitrogens with one attached hydrogen (secondary N) is 2. The quantitative estimate of drug-likeness (QED) is 0.342. The summed E-state index contributed by atoms with van der Waals surface area (Å²) in [6, 6.07) is 7.40. The maximum atomic E-state index is 11.9. The first-order valence-corrected chi connectivity index (χ1v) is 11.3. The van der Waals surface area contributed by atoms with E-state index < -0.39 is 10.0 Å². The highest BCUT2D eigenvalue weighted by molar-refractivity contribution is 7.88. The van der Waals surface area contributed by atoms with E-state index in [1.165, 1.54) is 10.6 Å². The lowest BCUT2D eigenvalue weighted by atomic mass is 10.1. The van der Waals surface area contributed by atoms with Crippen LogP contribution in [0.2, 0.25) is 0 Å². The second-order valence-corrected chi connectivity index (χ2v) is 8.61. The Labute approximate surface area is 169 Å². The van der Waals surface area contributed by atoms with Crippen molar-refractivity contribution in [3.8, 4) is 0 Å². The first-order chi connectivity index (χ1) is 13.2. The van der Waals surface area contributed by atoms with Gasteiger partial charge in [0.15, 0.2) is 5.96 Å². The molecule has 0 fully saturated rings. The molecule has 1 rings (SSSR count). The lowest BCUT2D eigenvalue weighted by molar-refractivity contribution is 0.0827. The highest BCUT2D eigenvalue weighted by Crippen LogP contribution is 2.07. The number of aliphatic imine (C=N–C) groups is 1. The minimum Gasteiger partial charge on any atom is -0.357 e. The van der Waals surface area contributed by atoms with Crippen molar-refractivity contribution < 1.29 is 13.2 Å². The van der Waals surface area contributed by atoms with Gasteiger partial charge < -0.3 is 15.5 Å². The lowest BCUT2D eigenvalue weighted by Gasteiger charge is -2.18. The molecule has 8 nitrogen and oxygen atoms in total. The molecule has 0 aliphatic heterocycles. The number of nitrogens with zero attached hydrogens (tertiary/aromatic N) is 3. The summed E-state index contributed by atoms with van der Waals surface area (Å²) < 4.78 is 24.7. The van der Waals surface area contributed by atoms with Gasteiger partial charge in [0.05, 0.1) is 12.8 Å². The molecular formula is C19H33N5O3S. The van der Waals surface area contributed by atoms with Crippen molar-refractivity contribution in [2.24, 2.45) is 4.99 Å². The van der Waals surface area contributed by atoms with E-state index in [1.54, 1.807) is 31.1 Å². The molecule has 0 aliphatic carbocycles. The Hall–Kier alpha value is -2.13. The second-order valence-electron chi connectivity index (χ2n) is 6.63.